The predicted molar refractivity (Wildman–Crippen MR) is 58.5 cm³/mol. The molecule has 1 N–H and O–H groups in total. The highest BCUT2D eigenvalue weighted by Gasteiger charge is 1.98. The first-order valence-corrected chi connectivity index (χ1v) is 5.77. The van der Waals surface area contributed by atoms with Crippen molar-refractivity contribution in [2.45, 2.75) is 32.7 Å². The molecular formula is C10H19NS. The van der Waals surface area contributed by atoms with E-state index < -0.39 is 0 Å². The van der Waals surface area contributed by atoms with Gasteiger partial charge in [-0.2, -0.15) is 11.8 Å². The molecule has 0 aliphatic rings. The lowest BCUT2D eigenvalue weighted by Crippen LogP contribution is -2.27. The molecule has 1 atom stereocenters. The Labute approximate surface area is 80.7 Å². The fourth-order valence-electron chi connectivity index (χ4n) is 0.916. The maximum atomic E-state index is 5.31. The number of terminal acetylenes is 1. The number of hydrogen-bond acceptors (Lipinski definition) is 2. The summed E-state index contributed by atoms with van der Waals surface area (Å²) >= 11 is 1.98. The maximum Gasteiger partial charge on any atom is 0.0684 e. The average molecular weight is 185 g/mol. The summed E-state index contributed by atoms with van der Waals surface area (Å²) in [5.74, 6) is 5.18. The Bertz CT molecular complexity index is 128. The molecule has 12 heavy (non-hydrogen) atoms. The van der Waals surface area contributed by atoms with Gasteiger partial charge >= 0.3 is 0 Å². The second kappa shape index (κ2) is 8.96. The van der Waals surface area contributed by atoms with Crippen molar-refractivity contribution >= 4 is 11.8 Å². The van der Waals surface area contributed by atoms with Gasteiger partial charge in [-0.1, -0.05) is 19.8 Å². The number of hydrogen-bond donors (Lipinski definition) is 1. The molecule has 0 heterocycles. The second-order valence-electron chi connectivity index (χ2n) is 2.63. The lowest BCUT2D eigenvalue weighted by atomic mass is 10.2. The molecule has 1 unspecified atom stereocenters. The maximum absolute atomic E-state index is 5.31. The standard InChI is InChI=1S/C10H19NS/c1-4-10(5-2)11-8-7-9-12-6-3/h1,10-11H,5-9H2,2-3H3. The summed E-state index contributed by atoms with van der Waals surface area (Å²) in [6, 6.07) is 0.275. The zero-order valence-corrected chi connectivity index (χ0v) is 8.91. The molecule has 0 aromatic carbocycles. The van der Waals surface area contributed by atoms with E-state index >= 15 is 0 Å². The largest absolute Gasteiger partial charge is 0.304 e. The summed E-state index contributed by atoms with van der Waals surface area (Å²) in [5.41, 5.74) is 0. The lowest BCUT2D eigenvalue weighted by molar-refractivity contribution is 0.589. The van der Waals surface area contributed by atoms with E-state index in [1.165, 1.54) is 17.9 Å². The minimum absolute atomic E-state index is 0.275. The van der Waals surface area contributed by atoms with Gasteiger partial charge in [0.2, 0.25) is 0 Å². The van der Waals surface area contributed by atoms with Gasteiger partial charge in [0.25, 0.3) is 0 Å². The summed E-state index contributed by atoms with van der Waals surface area (Å²) in [6.45, 7) is 5.35. The second-order valence-corrected chi connectivity index (χ2v) is 4.03. The van der Waals surface area contributed by atoms with E-state index in [1.54, 1.807) is 0 Å². The summed E-state index contributed by atoms with van der Waals surface area (Å²) in [7, 11) is 0. The van der Waals surface area contributed by atoms with Gasteiger partial charge in [-0.25, -0.2) is 0 Å². The number of thioether (sulfide) groups is 1. The Hall–Kier alpha value is -0.130. The van der Waals surface area contributed by atoms with Crippen LogP contribution in [0.25, 0.3) is 0 Å². The molecule has 0 saturated heterocycles. The van der Waals surface area contributed by atoms with Crippen molar-refractivity contribution in [3.8, 4) is 12.3 Å². The van der Waals surface area contributed by atoms with Crippen molar-refractivity contribution in [1.29, 1.82) is 0 Å². The van der Waals surface area contributed by atoms with Gasteiger partial charge in [0.05, 0.1) is 6.04 Å². The van der Waals surface area contributed by atoms with E-state index in [-0.39, 0.29) is 6.04 Å². The first-order chi connectivity index (χ1) is 5.85. The van der Waals surface area contributed by atoms with E-state index in [4.69, 9.17) is 6.42 Å². The van der Waals surface area contributed by atoms with Crippen molar-refractivity contribution in [3.05, 3.63) is 0 Å². The Kier molecular flexibility index (Phi) is 8.86. The fourth-order valence-corrected chi connectivity index (χ4v) is 1.55. The summed E-state index contributed by atoms with van der Waals surface area (Å²) in [5, 5.41) is 3.33. The molecule has 0 aromatic heterocycles. The van der Waals surface area contributed by atoms with Crippen LogP contribution >= 0.6 is 11.8 Å². The molecule has 0 aliphatic carbocycles. The zero-order valence-electron chi connectivity index (χ0n) is 8.10. The minimum Gasteiger partial charge on any atom is -0.304 e. The third-order valence-corrected chi connectivity index (χ3v) is 2.66. The topological polar surface area (TPSA) is 12.0 Å². The van der Waals surface area contributed by atoms with Crippen molar-refractivity contribution in [1.82, 2.24) is 5.32 Å². The zero-order chi connectivity index (χ0) is 9.23. The van der Waals surface area contributed by atoms with Crippen LogP contribution in [0.1, 0.15) is 26.7 Å². The van der Waals surface area contributed by atoms with Crippen molar-refractivity contribution in [2.24, 2.45) is 0 Å². The van der Waals surface area contributed by atoms with Crippen LogP contribution < -0.4 is 5.32 Å². The van der Waals surface area contributed by atoms with Gasteiger partial charge in [-0.3, -0.25) is 0 Å². The third-order valence-electron chi connectivity index (χ3n) is 1.67. The molecule has 1 nitrogen and oxygen atoms in total. The van der Waals surface area contributed by atoms with E-state index in [9.17, 15) is 0 Å². The van der Waals surface area contributed by atoms with Crippen LogP contribution in [0.15, 0.2) is 0 Å². The third kappa shape index (κ3) is 6.57. The monoisotopic (exact) mass is 185 g/mol. The quantitative estimate of drug-likeness (QED) is 0.482. The van der Waals surface area contributed by atoms with E-state index in [0.29, 0.717) is 0 Å². The fraction of sp³-hybridized carbons (Fsp3) is 0.800. The van der Waals surface area contributed by atoms with Crippen LogP contribution in [0.3, 0.4) is 0 Å². The van der Waals surface area contributed by atoms with Gasteiger partial charge in [0.1, 0.15) is 0 Å². The average Bonchev–Trinajstić information content (AvgIpc) is 2.11. The summed E-state index contributed by atoms with van der Waals surface area (Å²) in [6.07, 6.45) is 7.55. The molecule has 0 spiro atoms. The Morgan fingerprint density at radius 2 is 2.25 bits per heavy atom. The van der Waals surface area contributed by atoms with Gasteiger partial charge in [-0.15, -0.1) is 6.42 Å². The first-order valence-electron chi connectivity index (χ1n) is 4.62. The highest BCUT2D eigenvalue weighted by atomic mass is 32.2. The van der Waals surface area contributed by atoms with Crippen LogP contribution in [0.4, 0.5) is 0 Å². The molecule has 0 radical (unpaired) electrons. The SMILES string of the molecule is C#CC(CC)NCCCSCC. The Morgan fingerprint density at radius 1 is 1.50 bits per heavy atom. The molecule has 0 bridgehead atoms. The van der Waals surface area contributed by atoms with E-state index in [0.717, 1.165) is 13.0 Å². The number of rotatable bonds is 7. The Morgan fingerprint density at radius 3 is 2.75 bits per heavy atom. The van der Waals surface area contributed by atoms with Crippen molar-refractivity contribution in [2.75, 3.05) is 18.1 Å². The van der Waals surface area contributed by atoms with E-state index in [2.05, 4.69) is 25.1 Å². The van der Waals surface area contributed by atoms with Crippen LogP contribution in [-0.2, 0) is 0 Å². The molecule has 0 amide bonds. The van der Waals surface area contributed by atoms with Gasteiger partial charge in [0, 0.05) is 0 Å². The van der Waals surface area contributed by atoms with Crippen LogP contribution in [0, 0.1) is 12.3 Å². The van der Waals surface area contributed by atoms with Crippen LogP contribution in [-0.4, -0.2) is 24.1 Å². The predicted octanol–water partition coefficient (Wildman–Crippen LogP) is 2.13. The van der Waals surface area contributed by atoms with Gasteiger partial charge < -0.3 is 5.32 Å². The molecule has 0 fully saturated rings. The Balaban J connectivity index is 3.13. The van der Waals surface area contributed by atoms with Gasteiger partial charge in [0.15, 0.2) is 0 Å². The summed E-state index contributed by atoms with van der Waals surface area (Å²) in [4.78, 5) is 0. The normalized spacial score (nSPS) is 12.4. The molecule has 0 aliphatic heterocycles. The van der Waals surface area contributed by atoms with Crippen molar-refractivity contribution in [3.63, 3.8) is 0 Å². The molecule has 0 aromatic rings. The van der Waals surface area contributed by atoms with Crippen LogP contribution in [0.5, 0.6) is 0 Å². The lowest BCUT2D eigenvalue weighted by Gasteiger charge is -2.09. The van der Waals surface area contributed by atoms with Crippen molar-refractivity contribution < 1.29 is 0 Å². The molecule has 0 rings (SSSR count). The van der Waals surface area contributed by atoms with E-state index in [1.807, 2.05) is 11.8 Å². The number of nitrogens with one attached hydrogen (secondary N) is 1. The molecule has 2 heteroatoms. The van der Waals surface area contributed by atoms with Crippen LogP contribution in [0.2, 0.25) is 0 Å². The highest BCUT2D eigenvalue weighted by molar-refractivity contribution is 7.99. The molecular weight excluding hydrogens is 166 g/mol. The smallest absolute Gasteiger partial charge is 0.0684 e. The minimum atomic E-state index is 0.275. The summed E-state index contributed by atoms with van der Waals surface area (Å²) < 4.78 is 0. The van der Waals surface area contributed by atoms with Gasteiger partial charge in [-0.05, 0) is 30.9 Å². The molecule has 70 valence electrons. The molecule has 0 saturated carbocycles. The first kappa shape index (κ1) is 11.9. The highest BCUT2D eigenvalue weighted by Crippen LogP contribution is 1.99.